The number of hydrogen-bond acceptors (Lipinski definition) is 3. The van der Waals surface area contributed by atoms with Crippen LogP contribution in [0.2, 0.25) is 0 Å². The molecule has 1 saturated heterocycles. The molecule has 5 heteroatoms. The highest BCUT2D eigenvalue weighted by molar-refractivity contribution is 8.14. The minimum Gasteiger partial charge on any atom is -0.345 e. The lowest BCUT2D eigenvalue weighted by atomic mass is 10.2. The van der Waals surface area contributed by atoms with E-state index in [1.807, 2.05) is 11.0 Å². The van der Waals surface area contributed by atoms with Gasteiger partial charge in [-0.3, -0.25) is 0 Å². The number of hydrogen-bond donors (Lipinski definition) is 0. The summed E-state index contributed by atoms with van der Waals surface area (Å²) in [5.41, 5.74) is 0.635. The predicted molar refractivity (Wildman–Crippen MR) is 62.3 cm³/mol. The zero-order valence-corrected chi connectivity index (χ0v) is 9.38. The Balaban J connectivity index is 2.14. The molecule has 16 heavy (non-hydrogen) atoms. The monoisotopic (exact) mass is 235 g/mol. The van der Waals surface area contributed by atoms with E-state index < -0.39 is 0 Å². The topological polar surface area (TPSA) is 39.4 Å². The minimum absolute atomic E-state index is 0.212. The molecule has 0 aliphatic carbocycles. The van der Waals surface area contributed by atoms with E-state index in [4.69, 9.17) is 5.26 Å². The van der Waals surface area contributed by atoms with E-state index in [0.29, 0.717) is 17.3 Å². The molecule has 1 aromatic rings. The molecule has 0 bridgehead atoms. The third-order valence-corrected chi connectivity index (χ3v) is 3.32. The third kappa shape index (κ3) is 2.34. The summed E-state index contributed by atoms with van der Waals surface area (Å²) in [6, 6.07) is 6.67. The fraction of sp³-hybridized carbons (Fsp3) is 0.273. The maximum Gasteiger partial charge on any atom is 0.208 e. The summed E-state index contributed by atoms with van der Waals surface area (Å²) >= 11 is 1.53. The zero-order chi connectivity index (χ0) is 11.4. The quantitative estimate of drug-likeness (QED) is 0.738. The van der Waals surface area contributed by atoms with Crippen molar-refractivity contribution in [3.8, 4) is 6.19 Å². The van der Waals surface area contributed by atoms with Crippen molar-refractivity contribution in [2.75, 3.05) is 12.3 Å². The SMILES string of the molecule is N#CN=C1SCCN1Cc1ccccc1F. The van der Waals surface area contributed by atoms with Crippen LogP contribution in [0, 0.1) is 17.3 Å². The van der Waals surface area contributed by atoms with Gasteiger partial charge in [-0.2, -0.15) is 5.26 Å². The zero-order valence-electron chi connectivity index (χ0n) is 8.56. The average Bonchev–Trinajstić information content (AvgIpc) is 2.70. The lowest BCUT2D eigenvalue weighted by Crippen LogP contribution is -2.24. The van der Waals surface area contributed by atoms with E-state index in [-0.39, 0.29) is 5.82 Å². The largest absolute Gasteiger partial charge is 0.345 e. The van der Waals surface area contributed by atoms with Crippen LogP contribution in [0.5, 0.6) is 0 Å². The van der Waals surface area contributed by atoms with E-state index in [1.165, 1.54) is 17.8 Å². The molecule has 82 valence electrons. The standard InChI is InChI=1S/C11H10FN3S/c12-10-4-2-1-3-9(10)7-15-5-6-16-11(15)14-8-13/h1-4H,5-7H2. The Morgan fingerprint density at radius 3 is 3.06 bits per heavy atom. The van der Waals surface area contributed by atoms with Gasteiger partial charge in [-0.15, -0.1) is 4.99 Å². The first-order valence-electron chi connectivity index (χ1n) is 4.89. The lowest BCUT2D eigenvalue weighted by Gasteiger charge is -2.17. The van der Waals surface area contributed by atoms with Gasteiger partial charge in [-0.25, -0.2) is 4.39 Å². The number of amidine groups is 1. The van der Waals surface area contributed by atoms with Crippen LogP contribution < -0.4 is 0 Å². The predicted octanol–water partition coefficient (Wildman–Crippen LogP) is 2.21. The molecule has 1 heterocycles. The highest BCUT2D eigenvalue weighted by Gasteiger charge is 2.20. The molecule has 0 N–H and O–H groups in total. The Kier molecular flexibility index (Phi) is 3.42. The Morgan fingerprint density at radius 2 is 2.31 bits per heavy atom. The first-order chi connectivity index (χ1) is 7.81. The van der Waals surface area contributed by atoms with Gasteiger partial charge in [-0.1, -0.05) is 30.0 Å². The van der Waals surface area contributed by atoms with Crippen molar-refractivity contribution in [2.24, 2.45) is 4.99 Å². The summed E-state index contributed by atoms with van der Waals surface area (Å²) < 4.78 is 13.4. The van der Waals surface area contributed by atoms with Crippen LogP contribution in [0.25, 0.3) is 0 Å². The van der Waals surface area contributed by atoms with Gasteiger partial charge < -0.3 is 4.90 Å². The van der Waals surface area contributed by atoms with Gasteiger partial charge in [0.2, 0.25) is 6.19 Å². The van der Waals surface area contributed by atoms with Gasteiger partial charge in [0.1, 0.15) is 5.82 Å². The minimum atomic E-state index is -0.212. The first kappa shape index (κ1) is 11.0. The van der Waals surface area contributed by atoms with Crippen molar-refractivity contribution >= 4 is 16.9 Å². The lowest BCUT2D eigenvalue weighted by molar-refractivity contribution is 0.443. The van der Waals surface area contributed by atoms with Crippen molar-refractivity contribution in [1.82, 2.24) is 4.90 Å². The summed E-state index contributed by atoms with van der Waals surface area (Å²) in [5.74, 6) is 0.685. The smallest absolute Gasteiger partial charge is 0.208 e. The van der Waals surface area contributed by atoms with Crippen molar-refractivity contribution < 1.29 is 4.39 Å². The van der Waals surface area contributed by atoms with Crippen LogP contribution in [0.1, 0.15) is 5.56 Å². The van der Waals surface area contributed by atoms with Crippen LogP contribution >= 0.6 is 11.8 Å². The van der Waals surface area contributed by atoms with Crippen molar-refractivity contribution in [2.45, 2.75) is 6.54 Å². The Bertz CT molecular complexity index is 453. The van der Waals surface area contributed by atoms with Gasteiger partial charge in [-0.05, 0) is 6.07 Å². The summed E-state index contributed by atoms with van der Waals surface area (Å²) in [6.07, 6.45) is 1.77. The molecule has 0 radical (unpaired) electrons. The maximum absolute atomic E-state index is 13.4. The molecule has 3 nitrogen and oxygen atoms in total. The number of benzene rings is 1. The Morgan fingerprint density at radius 1 is 1.50 bits per heavy atom. The second kappa shape index (κ2) is 4.99. The normalized spacial score (nSPS) is 17.8. The molecular formula is C11H10FN3S. The van der Waals surface area contributed by atoms with Gasteiger partial charge in [0, 0.05) is 24.4 Å². The fourth-order valence-corrected chi connectivity index (χ4v) is 2.50. The molecule has 0 aromatic heterocycles. The number of nitrogens with zero attached hydrogens (tertiary/aromatic N) is 3. The number of nitriles is 1. The molecule has 2 rings (SSSR count). The summed E-state index contributed by atoms with van der Waals surface area (Å²) in [5, 5.41) is 9.20. The van der Waals surface area contributed by atoms with E-state index in [1.54, 1.807) is 18.3 Å². The molecule has 1 aromatic carbocycles. The first-order valence-corrected chi connectivity index (χ1v) is 5.88. The van der Waals surface area contributed by atoms with Crippen LogP contribution in [-0.4, -0.2) is 22.4 Å². The van der Waals surface area contributed by atoms with Crippen molar-refractivity contribution in [3.05, 3.63) is 35.6 Å². The molecule has 0 atom stereocenters. The molecular weight excluding hydrogens is 225 g/mol. The second-order valence-corrected chi connectivity index (χ2v) is 4.42. The number of rotatable bonds is 2. The summed E-state index contributed by atoms with van der Waals surface area (Å²) in [7, 11) is 0. The molecule has 0 spiro atoms. The molecule has 1 aliphatic rings. The Labute approximate surface area is 97.6 Å². The van der Waals surface area contributed by atoms with Crippen LogP contribution in [0.3, 0.4) is 0 Å². The van der Waals surface area contributed by atoms with Crippen molar-refractivity contribution in [1.29, 1.82) is 5.26 Å². The molecule has 0 unspecified atom stereocenters. The number of aliphatic imine (C=N–C) groups is 1. The van der Waals surface area contributed by atoms with Crippen LogP contribution in [0.4, 0.5) is 4.39 Å². The number of halogens is 1. The fourth-order valence-electron chi connectivity index (χ4n) is 1.56. The maximum atomic E-state index is 13.4. The van der Waals surface area contributed by atoms with Gasteiger partial charge >= 0.3 is 0 Å². The number of thioether (sulfide) groups is 1. The molecule has 1 aliphatic heterocycles. The third-order valence-electron chi connectivity index (χ3n) is 2.33. The van der Waals surface area contributed by atoms with E-state index in [2.05, 4.69) is 4.99 Å². The van der Waals surface area contributed by atoms with Crippen LogP contribution in [0.15, 0.2) is 29.3 Å². The van der Waals surface area contributed by atoms with Crippen molar-refractivity contribution in [3.63, 3.8) is 0 Å². The molecule has 0 amide bonds. The van der Waals surface area contributed by atoms with E-state index in [9.17, 15) is 4.39 Å². The Hall–Kier alpha value is -1.54. The van der Waals surface area contributed by atoms with Gasteiger partial charge in [0.25, 0.3) is 0 Å². The van der Waals surface area contributed by atoms with Gasteiger partial charge in [0.05, 0.1) is 0 Å². The van der Waals surface area contributed by atoms with Crippen LogP contribution in [-0.2, 0) is 6.54 Å². The van der Waals surface area contributed by atoms with E-state index in [0.717, 1.165) is 12.3 Å². The second-order valence-electron chi connectivity index (χ2n) is 3.36. The van der Waals surface area contributed by atoms with Gasteiger partial charge in [0.15, 0.2) is 5.17 Å². The van der Waals surface area contributed by atoms with E-state index >= 15 is 0 Å². The summed E-state index contributed by atoms with van der Waals surface area (Å²) in [6.45, 7) is 1.28. The highest BCUT2D eigenvalue weighted by Crippen LogP contribution is 2.21. The summed E-state index contributed by atoms with van der Waals surface area (Å²) in [4.78, 5) is 5.64. The molecule has 1 fully saturated rings. The average molecular weight is 235 g/mol. The highest BCUT2D eigenvalue weighted by atomic mass is 32.2. The molecule has 0 saturated carbocycles.